The van der Waals surface area contributed by atoms with Gasteiger partial charge in [0.15, 0.2) is 0 Å². The van der Waals surface area contributed by atoms with Crippen molar-refractivity contribution in [1.82, 2.24) is 0 Å². The number of rotatable bonds is 13. The van der Waals surface area contributed by atoms with E-state index >= 15 is 0 Å². The van der Waals surface area contributed by atoms with E-state index in [1.165, 1.54) is 12.1 Å². The highest BCUT2D eigenvalue weighted by molar-refractivity contribution is 7.99. The predicted molar refractivity (Wildman–Crippen MR) is 124 cm³/mol. The number of halogens is 3. The Hall–Kier alpha value is -2.48. The Morgan fingerprint density at radius 1 is 1.00 bits per heavy atom. The number of carbonyl (C=O) groups excluding carboxylic acids is 2. The first-order valence-electron chi connectivity index (χ1n) is 11.0. The van der Waals surface area contributed by atoms with E-state index in [2.05, 4.69) is 19.1 Å². The van der Waals surface area contributed by atoms with Gasteiger partial charge in [0.05, 0.1) is 18.8 Å². The first kappa shape index (κ1) is 29.6. The molecule has 0 spiro atoms. The lowest BCUT2D eigenvalue weighted by Gasteiger charge is -2.18. The quantitative estimate of drug-likeness (QED) is 0.233. The van der Waals surface area contributed by atoms with E-state index in [9.17, 15) is 13.2 Å². The number of hydrogen-bond acceptors (Lipinski definition) is 6. The second-order valence-electron chi connectivity index (χ2n) is 7.35. The molecule has 5 nitrogen and oxygen atoms in total. The maximum absolute atomic E-state index is 12.7. The highest BCUT2D eigenvalue weighted by Crippen LogP contribution is 2.31. The van der Waals surface area contributed by atoms with Crippen molar-refractivity contribution in [2.24, 2.45) is 5.92 Å². The predicted octanol–water partition coefficient (Wildman–Crippen LogP) is 6.43. The van der Waals surface area contributed by atoms with E-state index in [-0.39, 0.29) is 12.1 Å². The van der Waals surface area contributed by atoms with Crippen molar-refractivity contribution in [2.75, 3.05) is 32.2 Å². The largest absolute Gasteiger partial charge is 0.493 e. The lowest BCUT2D eigenvalue weighted by molar-refractivity contribution is -0.191. The molecular weight excluding hydrogens is 469 g/mol. The third-order valence-corrected chi connectivity index (χ3v) is 5.86. The molecule has 0 amide bonds. The number of aryl methyl sites for hydroxylation is 1. The molecule has 1 atom stereocenters. The maximum Gasteiger partial charge on any atom is 0.416 e. The van der Waals surface area contributed by atoms with Gasteiger partial charge in [-0.2, -0.15) is 22.8 Å². The first-order valence-corrected chi connectivity index (χ1v) is 12.0. The second kappa shape index (κ2) is 16.2. The number of benzene rings is 2. The molecule has 188 valence electrons. The Bertz CT molecular complexity index is 866. The van der Waals surface area contributed by atoms with Gasteiger partial charge in [-0.05, 0) is 74.7 Å². The van der Waals surface area contributed by atoms with Crippen LogP contribution in [0, 0.1) is 12.8 Å². The van der Waals surface area contributed by atoms with E-state index in [1.54, 1.807) is 11.8 Å². The van der Waals surface area contributed by atoms with Crippen LogP contribution in [0.15, 0.2) is 47.4 Å². The van der Waals surface area contributed by atoms with Crippen molar-refractivity contribution in [3.05, 3.63) is 53.6 Å². The summed E-state index contributed by atoms with van der Waals surface area (Å²) in [5.74, 6) is 2.37. The van der Waals surface area contributed by atoms with Crippen LogP contribution in [-0.2, 0) is 20.5 Å². The molecule has 2 aromatic rings. The topological polar surface area (TPSA) is 61.8 Å². The van der Waals surface area contributed by atoms with Gasteiger partial charge in [0.1, 0.15) is 11.5 Å². The molecule has 0 aliphatic rings. The van der Waals surface area contributed by atoms with Crippen LogP contribution >= 0.6 is 11.8 Å². The van der Waals surface area contributed by atoms with E-state index in [1.807, 2.05) is 19.9 Å². The van der Waals surface area contributed by atoms with Crippen LogP contribution in [0.25, 0.3) is 0 Å². The molecule has 2 rings (SSSR count). The summed E-state index contributed by atoms with van der Waals surface area (Å²) >= 11 is 1.73. The third kappa shape index (κ3) is 11.6. The minimum atomic E-state index is -4.34. The third-order valence-electron chi connectivity index (χ3n) is 4.64. The number of hydrogen-bond donors (Lipinski definition) is 0. The molecule has 9 heteroatoms. The van der Waals surface area contributed by atoms with E-state index in [0.717, 1.165) is 46.9 Å². The van der Waals surface area contributed by atoms with Gasteiger partial charge in [-0.1, -0.05) is 6.92 Å². The minimum absolute atomic E-state index is 0.204. The summed E-state index contributed by atoms with van der Waals surface area (Å²) in [6.45, 7) is 8.46. The summed E-state index contributed by atoms with van der Waals surface area (Å²) in [4.78, 5) is 17.4. The zero-order chi connectivity index (χ0) is 25.4. The van der Waals surface area contributed by atoms with Crippen molar-refractivity contribution < 1.29 is 37.0 Å². The Balaban J connectivity index is 0.00000182. The summed E-state index contributed by atoms with van der Waals surface area (Å²) in [5, 5.41) is 0. The number of alkyl halides is 3. The van der Waals surface area contributed by atoms with Gasteiger partial charge >= 0.3 is 12.3 Å². The first-order chi connectivity index (χ1) is 16.2. The van der Waals surface area contributed by atoms with Gasteiger partial charge in [-0.15, -0.1) is 11.8 Å². The molecule has 0 fully saturated rings. The molecule has 2 aromatic carbocycles. The molecule has 0 aromatic heterocycles. The van der Waals surface area contributed by atoms with E-state index in [0.29, 0.717) is 32.2 Å². The van der Waals surface area contributed by atoms with Crippen LogP contribution in [-0.4, -0.2) is 38.3 Å². The van der Waals surface area contributed by atoms with E-state index in [4.69, 9.17) is 23.8 Å². The molecule has 1 unspecified atom stereocenters. The molecule has 0 aliphatic heterocycles. The number of thioether (sulfide) groups is 1. The Kier molecular flexibility index (Phi) is 14.1. The Morgan fingerprint density at radius 2 is 1.68 bits per heavy atom. The normalized spacial score (nSPS) is 11.7. The highest BCUT2D eigenvalue weighted by Gasteiger charge is 2.30. The minimum Gasteiger partial charge on any atom is -0.493 e. The van der Waals surface area contributed by atoms with Gasteiger partial charge in [0.25, 0.3) is 0 Å². The van der Waals surface area contributed by atoms with Gasteiger partial charge in [-0.25, -0.2) is 0 Å². The second-order valence-corrected chi connectivity index (χ2v) is 8.45. The molecule has 0 saturated carbocycles. The smallest absolute Gasteiger partial charge is 0.416 e. The number of ether oxygens (including phenoxy) is 3. The zero-order valence-electron chi connectivity index (χ0n) is 19.7. The molecule has 0 heterocycles. The molecule has 0 N–H and O–H groups in total. The summed E-state index contributed by atoms with van der Waals surface area (Å²) in [6.07, 6.45) is -2.31. The van der Waals surface area contributed by atoms with Crippen LogP contribution in [0.2, 0.25) is 0 Å². The van der Waals surface area contributed by atoms with Gasteiger partial charge in [-0.3, -0.25) is 0 Å². The molecular formula is C25H31F3O5S. The van der Waals surface area contributed by atoms with Crippen LogP contribution < -0.4 is 9.47 Å². The summed E-state index contributed by atoms with van der Waals surface area (Å²) in [6, 6.07) is 11.0. The molecule has 0 aliphatic carbocycles. The molecule has 34 heavy (non-hydrogen) atoms. The SMILES string of the molecule is CCCOc1ccc(SCC(CCOCC)COc2ccc(C(F)(F)F)cc2)cc1C.O=C=O. The molecule has 0 bridgehead atoms. The van der Waals surface area contributed by atoms with Crippen LogP contribution in [0.3, 0.4) is 0 Å². The summed E-state index contributed by atoms with van der Waals surface area (Å²) in [7, 11) is 0. The van der Waals surface area contributed by atoms with Crippen molar-refractivity contribution >= 4 is 17.9 Å². The fraction of sp³-hybridized carbons (Fsp3) is 0.480. The summed E-state index contributed by atoms with van der Waals surface area (Å²) in [5.41, 5.74) is 0.426. The summed E-state index contributed by atoms with van der Waals surface area (Å²) < 4.78 is 55.2. The lowest BCUT2D eigenvalue weighted by atomic mass is 10.1. The fourth-order valence-electron chi connectivity index (χ4n) is 2.86. The van der Waals surface area contributed by atoms with Crippen LogP contribution in [0.4, 0.5) is 13.2 Å². The van der Waals surface area contributed by atoms with Crippen molar-refractivity contribution in [1.29, 1.82) is 0 Å². The van der Waals surface area contributed by atoms with Crippen molar-refractivity contribution in [3.8, 4) is 11.5 Å². The standard InChI is InChI=1S/C24H31F3O3S.CO2/c1-4-13-29-23-11-10-22(15-18(23)3)31-17-19(12-14-28-5-2)16-30-21-8-6-20(7-9-21)24(25,26)27;2-1-3/h6-11,15,19H,4-5,12-14,16-17H2,1-3H3;. The van der Waals surface area contributed by atoms with Gasteiger partial charge in [0, 0.05) is 29.8 Å². The fourth-order valence-corrected chi connectivity index (χ4v) is 3.98. The van der Waals surface area contributed by atoms with Crippen LogP contribution in [0.5, 0.6) is 11.5 Å². The van der Waals surface area contributed by atoms with Crippen LogP contribution in [0.1, 0.15) is 37.8 Å². The van der Waals surface area contributed by atoms with Gasteiger partial charge < -0.3 is 14.2 Å². The molecule has 0 radical (unpaired) electrons. The highest BCUT2D eigenvalue weighted by atomic mass is 32.2. The Morgan fingerprint density at radius 3 is 2.24 bits per heavy atom. The maximum atomic E-state index is 12.7. The molecule has 0 saturated heterocycles. The zero-order valence-corrected chi connectivity index (χ0v) is 20.5. The lowest BCUT2D eigenvalue weighted by Crippen LogP contribution is -2.17. The average molecular weight is 501 g/mol. The monoisotopic (exact) mass is 500 g/mol. The van der Waals surface area contributed by atoms with Crippen molar-refractivity contribution in [2.45, 2.75) is 44.7 Å². The van der Waals surface area contributed by atoms with E-state index < -0.39 is 11.7 Å². The Labute approximate surface area is 203 Å². The van der Waals surface area contributed by atoms with Gasteiger partial charge in [0.2, 0.25) is 0 Å². The average Bonchev–Trinajstić information content (AvgIpc) is 2.80. The van der Waals surface area contributed by atoms with Crippen molar-refractivity contribution in [3.63, 3.8) is 0 Å².